The van der Waals surface area contributed by atoms with E-state index in [1.54, 1.807) is 6.26 Å². The molecule has 0 saturated heterocycles. The van der Waals surface area contributed by atoms with Crippen molar-refractivity contribution in [2.45, 2.75) is 40.2 Å². The van der Waals surface area contributed by atoms with E-state index in [-0.39, 0.29) is 0 Å². The molecule has 0 amide bonds. The lowest BCUT2D eigenvalue weighted by Crippen LogP contribution is -2.18. The fourth-order valence-electron chi connectivity index (χ4n) is 1.19. The Kier molecular flexibility index (Phi) is 9.83. The van der Waals surface area contributed by atoms with Gasteiger partial charge in [-0.05, 0) is 26.3 Å². The summed E-state index contributed by atoms with van der Waals surface area (Å²) in [6.07, 6.45) is 1.73. The van der Waals surface area contributed by atoms with Crippen LogP contribution >= 0.6 is 0 Å². The number of aryl methyl sites for hydroxylation is 1. The molecule has 0 unspecified atom stereocenters. The first-order valence-electron chi connectivity index (χ1n) is 5.70. The second kappa shape index (κ2) is 9.47. The minimum atomic E-state index is -0.527. The van der Waals surface area contributed by atoms with E-state index in [1.165, 1.54) is 5.56 Å². The Morgan fingerprint density at radius 3 is 2.18 bits per heavy atom. The number of rotatable bonds is 2. The molecular formula is C15H23NO. The topological polar surface area (TPSA) is 33.0 Å². The molecule has 0 heterocycles. The molecule has 1 rings (SSSR count). The van der Waals surface area contributed by atoms with Crippen molar-refractivity contribution in [1.82, 2.24) is 0 Å². The van der Waals surface area contributed by atoms with Gasteiger partial charge in [0, 0.05) is 0 Å². The Labute approximate surface area is 106 Å². The summed E-state index contributed by atoms with van der Waals surface area (Å²) in [6, 6.07) is 7.97. The normalized spacial score (nSPS) is 8.71. The zero-order valence-electron chi connectivity index (χ0n) is 11.6. The van der Waals surface area contributed by atoms with Gasteiger partial charge < -0.3 is 4.74 Å². The summed E-state index contributed by atoms with van der Waals surface area (Å²) in [5.41, 5.74) is 1.67. The highest BCUT2D eigenvalue weighted by Gasteiger charge is 2.21. The predicted octanol–water partition coefficient (Wildman–Crippen LogP) is 4.56. The van der Waals surface area contributed by atoms with Crippen molar-refractivity contribution < 1.29 is 4.74 Å². The van der Waals surface area contributed by atoms with E-state index in [1.807, 2.05) is 58.9 Å². The SMILES string of the molecule is C=C.CC.Cc1cccc(C(C)(C)OC#N)c1. The number of nitrogens with zero attached hydrogens (tertiary/aromatic N) is 1. The van der Waals surface area contributed by atoms with E-state index in [4.69, 9.17) is 10.00 Å². The van der Waals surface area contributed by atoms with Gasteiger partial charge in [0.25, 0.3) is 6.26 Å². The van der Waals surface area contributed by atoms with Gasteiger partial charge >= 0.3 is 0 Å². The van der Waals surface area contributed by atoms with Gasteiger partial charge in [0.15, 0.2) is 0 Å². The number of hydrogen-bond donors (Lipinski definition) is 0. The largest absolute Gasteiger partial charge is 0.417 e. The van der Waals surface area contributed by atoms with Crippen molar-refractivity contribution in [1.29, 1.82) is 5.26 Å². The van der Waals surface area contributed by atoms with E-state index >= 15 is 0 Å². The van der Waals surface area contributed by atoms with E-state index < -0.39 is 5.60 Å². The van der Waals surface area contributed by atoms with Gasteiger partial charge in [0.05, 0.1) is 0 Å². The third kappa shape index (κ3) is 6.42. The van der Waals surface area contributed by atoms with Crippen LogP contribution < -0.4 is 0 Å². The number of nitriles is 1. The van der Waals surface area contributed by atoms with Gasteiger partial charge in [-0.1, -0.05) is 43.7 Å². The quantitative estimate of drug-likeness (QED) is 0.554. The van der Waals surface area contributed by atoms with Gasteiger partial charge in [0.2, 0.25) is 0 Å². The summed E-state index contributed by atoms with van der Waals surface area (Å²) in [4.78, 5) is 0. The molecule has 0 aromatic heterocycles. The van der Waals surface area contributed by atoms with Crippen molar-refractivity contribution in [2.75, 3.05) is 0 Å². The van der Waals surface area contributed by atoms with Crippen LogP contribution in [0.25, 0.3) is 0 Å². The standard InChI is InChI=1S/C11H13NO.C2H6.C2H4/c1-9-5-4-6-10(7-9)11(2,3)13-8-12;2*1-2/h4-7H,1-3H3;1-2H3;1-2H2. The van der Waals surface area contributed by atoms with Crippen LogP contribution in [0.5, 0.6) is 0 Å². The molecular weight excluding hydrogens is 210 g/mol. The van der Waals surface area contributed by atoms with Crippen molar-refractivity contribution in [3.05, 3.63) is 48.6 Å². The van der Waals surface area contributed by atoms with E-state index in [0.717, 1.165) is 5.56 Å². The average Bonchev–Trinajstić information content (AvgIpc) is 2.34. The monoisotopic (exact) mass is 233 g/mol. The molecule has 0 aliphatic carbocycles. The lowest BCUT2D eigenvalue weighted by molar-refractivity contribution is 0.0702. The molecule has 0 bridgehead atoms. The van der Waals surface area contributed by atoms with Gasteiger partial charge in [-0.2, -0.15) is 5.26 Å². The highest BCUT2D eigenvalue weighted by Crippen LogP contribution is 2.24. The zero-order chi connectivity index (χ0) is 13.9. The summed E-state index contributed by atoms with van der Waals surface area (Å²) in [5, 5.41) is 8.46. The zero-order valence-corrected chi connectivity index (χ0v) is 11.6. The molecule has 2 heteroatoms. The van der Waals surface area contributed by atoms with Crippen molar-refractivity contribution >= 4 is 0 Å². The van der Waals surface area contributed by atoms with Gasteiger partial charge in [-0.3, -0.25) is 0 Å². The van der Waals surface area contributed by atoms with Gasteiger partial charge in [0.1, 0.15) is 5.60 Å². The Bertz CT molecular complexity index is 350. The summed E-state index contributed by atoms with van der Waals surface area (Å²) in [6.45, 7) is 15.8. The summed E-state index contributed by atoms with van der Waals surface area (Å²) >= 11 is 0. The maximum Gasteiger partial charge on any atom is 0.287 e. The second-order valence-electron chi connectivity index (χ2n) is 3.57. The van der Waals surface area contributed by atoms with Crippen LogP contribution in [-0.2, 0) is 10.3 Å². The molecule has 0 N–H and O–H groups in total. The lowest BCUT2D eigenvalue weighted by atomic mass is 9.97. The first-order chi connectivity index (χ1) is 8.06. The molecule has 2 nitrogen and oxygen atoms in total. The summed E-state index contributed by atoms with van der Waals surface area (Å²) in [7, 11) is 0. The fourth-order valence-corrected chi connectivity index (χ4v) is 1.19. The minimum absolute atomic E-state index is 0.527. The van der Waals surface area contributed by atoms with E-state index in [0.29, 0.717) is 0 Å². The maximum atomic E-state index is 8.46. The van der Waals surface area contributed by atoms with Crippen molar-refractivity contribution in [3.8, 4) is 6.26 Å². The predicted molar refractivity (Wildman–Crippen MR) is 73.5 cm³/mol. The number of ether oxygens (including phenoxy) is 1. The number of benzene rings is 1. The second-order valence-corrected chi connectivity index (χ2v) is 3.57. The minimum Gasteiger partial charge on any atom is -0.417 e. The Morgan fingerprint density at radius 1 is 1.24 bits per heavy atom. The van der Waals surface area contributed by atoms with E-state index in [9.17, 15) is 0 Å². The molecule has 0 aliphatic rings. The number of hydrogen-bond acceptors (Lipinski definition) is 2. The van der Waals surface area contributed by atoms with Crippen LogP contribution in [0.15, 0.2) is 37.4 Å². The van der Waals surface area contributed by atoms with Crippen LogP contribution in [0.2, 0.25) is 0 Å². The Hall–Kier alpha value is -1.75. The molecule has 0 spiro atoms. The third-order valence-electron chi connectivity index (χ3n) is 2.01. The van der Waals surface area contributed by atoms with Crippen LogP contribution in [0.4, 0.5) is 0 Å². The van der Waals surface area contributed by atoms with E-state index in [2.05, 4.69) is 13.2 Å². The van der Waals surface area contributed by atoms with Crippen LogP contribution in [0, 0.1) is 18.4 Å². The first kappa shape index (κ1) is 17.6. The maximum absolute atomic E-state index is 8.46. The molecule has 0 fully saturated rings. The Morgan fingerprint density at radius 2 is 1.76 bits per heavy atom. The fraction of sp³-hybridized carbons (Fsp3) is 0.400. The average molecular weight is 233 g/mol. The molecule has 1 aromatic carbocycles. The lowest BCUT2D eigenvalue weighted by Gasteiger charge is -2.21. The third-order valence-corrected chi connectivity index (χ3v) is 2.01. The first-order valence-corrected chi connectivity index (χ1v) is 5.70. The Balaban J connectivity index is 0. The molecule has 17 heavy (non-hydrogen) atoms. The summed E-state index contributed by atoms with van der Waals surface area (Å²) < 4.78 is 4.98. The molecule has 1 aromatic rings. The highest BCUT2D eigenvalue weighted by molar-refractivity contribution is 5.26. The van der Waals surface area contributed by atoms with Crippen LogP contribution in [0.1, 0.15) is 38.8 Å². The smallest absolute Gasteiger partial charge is 0.287 e. The van der Waals surface area contributed by atoms with Crippen LogP contribution in [-0.4, -0.2) is 0 Å². The molecule has 94 valence electrons. The van der Waals surface area contributed by atoms with Crippen molar-refractivity contribution in [2.24, 2.45) is 0 Å². The van der Waals surface area contributed by atoms with Crippen molar-refractivity contribution in [3.63, 3.8) is 0 Å². The highest BCUT2D eigenvalue weighted by atomic mass is 16.5. The molecule has 0 radical (unpaired) electrons. The van der Waals surface area contributed by atoms with Gasteiger partial charge in [-0.25, -0.2) is 0 Å². The summed E-state index contributed by atoms with van der Waals surface area (Å²) in [5.74, 6) is 0. The molecule has 0 atom stereocenters. The molecule has 0 aliphatic heterocycles. The molecule has 0 saturated carbocycles. The van der Waals surface area contributed by atoms with Gasteiger partial charge in [-0.15, -0.1) is 13.2 Å². The van der Waals surface area contributed by atoms with Crippen LogP contribution in [0.3, 0.4) is 0 Å².